The van der Waals surface area contributed by atoms with Gasteiger partial charge in [0, 0.05) is 35.8 Å². The molecule has 1 aliphatic carbocycles. The second-order valence-electron chi connectivity index (χ2n) is 5.86. The Morgan fingerprint density at radius 3 is 2.63 bits per heavy atom. The highest BCUT2D eigenvalue weighted by molar-refractivity contribution is 9.10. The van der Waals surface area contributed by atoms with E-state index in [1.165, 1.54) is 36.9 Å². The first-order valence-corrected chi connectivity index (χ1v) is 8.12. The standard InChI is InChI=1S/C16H25BrN2/c1-12(2)18-11-13-10-14(17)8-9-16(13)19(3)15-6-4-5-7-15/h8-10,12,15,18H,4-7,11H2,1-3H3. The maximum Gasteiger partial charge on any atom is 0.0412 e. The number of nitrogens with one attached hydrogen (secondary N) is 1. The molecule has 0 heterocycles. The van der Waals surface area contributed by atoms with Gasteiger partial charge in [0.15, 0.2) is 0 Å². The SMILES string of the molecule is CC(C)NCc1cc(Br)ccc1N(C)C1CCCC1. The van der Waals surface area contributed by atoms with Crippen molar-refractivity contribution in [3.8, 4) is 0 Å². The van der Waals surface area contributed by atoms with Crippen molar-refractivity contribution in [1.82, 2.24) is 5.32 Å². The normalized spacial score (nSPS) is 16.3. The monoisotopic (exact) mass is 324 g/mol. The molecule has 0 aromatic heterocycles. The number of anilines is 1. The van der Waals surface area contributed by atoms with Gasteiger partial charge in [-0.3, -0.25) is 0 Å². The Balaban J connectivity index is 2.17. The largest absolute Gasteiger partial charge is 0.371 e. The third-order valence-corrected chi connectivity index (χ3v) is 4.49. The van der Waals surface area contributed by atoms with Gasteiger partial charge in [0.2, 0.25) is 0 Å². The Hall–Kier alpha value is -0.540. The van der Waals surface area contributed by atoms with Gasteiger partial charge in [-0.1, -0.05) is 42.6 Å². The van der Waals surface area contributed by atoms with E-state index in [0.29, 0.717) is 6.04 Å². The first-order valence-electron chi connectivity index (χ1n) is 7.32. The van der Waals surface area contributed by atoms with Gasteiger partial charge in [-0.25, -0.2) is 0 Å². The van der Waals surface area contributed by atoms with E-state index >= 15 is 0 Å². The highest BCUT2D eigenvalue weighted by Gasteiger charge is 2.21. The maximum absolute atomic E-state index is 3.59. The van der Waals surface area contributed by atoms with Crippen LogP contribution in [-0.2, 0) is 6.54 Å². The first kappa shape index (κ1) is 14.9. The molecule has 0 bridgehead atoms. The third kappa shape index (κ3) is 3.96. The fourth-order valence-electron chi connectivity index (χ4n) is 2.84. The molecule has 0 spiro atoms. The fourth-order valence-corrected chi connectivity index (χ4v) is 3.25. The van der Waals surface area contributed by atoms with Gasteiger partial charge in [0.1, 0.15) is 0 Å². The molecule has 0 radical (unpaired) electrons. The Morgan fingerprint density at radius 1 is 1.32 bits per heavy atom. The number of rotatable bonds is 5. The average Bonchev–Trinajstić information content (AvgIpc) is 2.89. The number of halogens is 1. The van der Waals surface area contributed by atoms with Crippen LogP contribution in [0.4, 0.5) is 5.69 Å². The zero-order chi connectivity index (χ0) is 13.8. The first-order chi connectivity index (χ1) is 9.08. The van der Waals surface area contributed by atoms with Crippen LogP contribution in [0.15, 0.2) is 22.7 Å². The van der Waals surface area contributed by atoms with Crippen LogP contribution < -0.4 is 10.2 Å². The highest BCUT2D eigenvalue weighted by Crippen LogP contribution is 2.30. The lowest BCUT2D eigenvalue weighted by atomic mass is 10.1. The number of hydrogen-bond acceptors (Lipinski definition) is 2. The predicted molar refractivity (Wildman–Crippen MR) is 86.8 cm³/mol. The lowest BCUT2D eigenvalue weighted by Gasteiger charge is -2.29. The van der Waals surface area contributed by atoms with Crippen molar-refractivity contribution < 1.29 is 0 Å². The molecule has 2 nitrogen and oxygen atoms in total. The molecule has 1 fully saturated rings. The van der Waals surface area contributed by atoms with Crippen molar-refractivity contribution in [2.24, 2.45) is 0 Å². The molecule has 19 heavy (non-hydrogen) atoms. The smallest absolute Gasteiger partial charge is 0.0412 e. The minimum absolute atomic E-state index is 0.517. The van der Waals surface area contributed by atoms with E-state index in [-0.39, 0.29) is 0 Å². The Morgan fingerprint density at radius 2 is 2.00 bits per heavy atom. The van der Waals surface area contributed by atoms with Crippen molar-refractivity contribution in [2.75, 3.05) is 11.9 Å². The number of nitrogens with zero attached hydrogens (tertiary/aromatic N) is 1. The molecule has 1 aliphatic rings. The lowest BCUT2D eigenvalue weighted by molar-refractivity contribution is 0.584. The van der Waals surface area contributed by atoms with Crippen molar-refractivity contribution in [3.63, 3.8) is 0 Å². The maximum atomic E-state index is 3.59. The molecular weight excluding hydrogens is 300 g/mol. The van der Waals surface area contributed by atoms with Gasteiger partial charge in [-0.05, 0) is 36.6 Å². The second kappa shape index (κ2) is 6.76. The Bertz CT molecular complexity index is 411. The van der Waals surface area contributed by atoms with Crippen LogP contribution in [0.25, 0.3) is 0 Å². The van der Waals surface area contributed by atoms with E-state index in [2.05, 4.69) is 65.2 Å². The summed E-state index contributed by atoms with van der Waals surface area (Å²) in [6, 6.07) is 7.89. The molecule has 1 aromatic rings. The molecule has 2 rings (SSSR count). The summed E-state index contributed by atoms with van der Waals surface area (Å²) >= 11 is 3.59. The van der Waals surface area contributed by atoms with Crippen LogP contribution in [0.5, 0.6) is 0 Å². The Labute approximate surface area is 125 Å². The molecular formula is C16H25BrN2. The van der Waals surface area contributed by atoms with Crippen molar-refractivity contribution in [3.05, 3.63) is 28.2 Å². The van der Waals surface area contributed by atoms with Crippen LogP contribution in [-0.4, -0.2) is 19.1 Å². The summed E-state index contributed by atoms with van der Waals surface area (Å²) in [7, 11) is 2.25. The van der Waals surface area contributed by atoms with Crippen LogP contribution in [0.2, 0.25) is 0 Å². The average molecular weight is 325 g/mol. The van der Waals surface area contributed by atoms with E-state index < -0.39 is 0 Å². The predicted octanol–water partition coefficient (Wildman–Crippen LogP) is 4.33. The quantitative estimate of drug-likeness (QED) is 0.867. The van der Waals surface area contributed by atoms with Crippen molar-refractivity contribution >= 4 is 21.6 Å². The van der Waals surface area contributed by atoms with Gasteiger partial charge in [0.25, 0.3) is 0 Å². The van der Waals surface area contributed by atoms with Crippen LogP contribution in [0.1, 0.15) is 45.1 Å². The molecule has 1 N–H and O–H groups in total. The zero-order valence-electron chi connectivity index (χ0n) is 12.2. The van der Waals surface area contributed by atoms with E-state index in [4.69, 9.17) is 0 Å². The molecule has 106 valence electrons. The summed E-state index contributed by atoms with van der Waals surface area (Å²) in [6.07, 6.45) is 5.43. The lowest BCUT2D eigenvalue weighted by Crippen LogP contribution is -2.31. The molecule has 3 heteroatoms. The molecule has 0 unspecified atom stereocenters. The summed E-state index contributed by atoms with van der Waals surface area (Å²) in [6.45, 7) is 5.32. The molecule has 0 atom stereocenters. The Kier molecular flexibility index (Phi) is 5.28. The summed E-state index contributed by atoms with van der Waals surface area (Å²) in [4.78, 5) is 2.48. The molecule has 0 saturated heterocycles. The van der Waals surface area contributed by atoms with E-state index in [9.17, 15) is 0 Å². The summed E-state index contributed by atoms with van der Waals surface area (Å²) < 4.78 is 1.16. The van der Waals surface area contributed by atoms with E-state index in [0.717, 1.165) is 17.1 Å². The molecule has 0 aliphatic heterocycles. The summed E-state index contributed by atoms with van der Waals surface area (Å²) in [5.74, 6) is 0. The van der Waals surface area contributed by atoms with Gasteiger partial charge >= 0.3 is 0 Å². The zero-order valence-corrected chi connectivity index (χ0v) is 13.8. The molecule has 1 saturated carbocycles. The van der Waals surface area contributed by atoms with Gasteiger partial charge in [-0.15, -0.1) is 0 Å². The van der Waals surface area contributed by atoms with E-state index in [1.54, 1.807) is 0 Å². The van der Waals surface area contributed by atoms with Crippen LogP contribution in [0, 0.1) is 0 Å². The number of hydrogen-bond donors (Lipinski definition) is 1. The third-order valence-electron chi connectivity index (χ3n) is 3.99. The summed E-state index contributed by atoms with van der Waals surface area (Å²) in [5.41, 5.74) is 2.76. The van der Waals surface area contributed by atoms with Crippen LogP contribution >= 0.6 is 15.9 Å². The van der Waals surface area contributed by atoms with Gasteiger partial charge in [-0.2, -0.15) is 0 Å². The van der Waals surface area contributed by atoms with E-state index in [1.807, 2.05) is 0 Å². The van der Waals surface area contributed by atoms with Crippen molar-refractivity contribution in [1.29, 1.82) is 0 Å². The molecule has 0 amide bonds. The highest BCUT2D eigenvalue weighted by atomic mass is 79.9. The summed E-state index contributed by atoms with van der Waals surface area (Å²) in [5, 5.41) is 3.53. The minimum Gasteiger partial charge on any atom is -0.371 e. The fraction of sp³-hybridized carbons (Fsp3) is 0.625. The van der Waals surface area contributed by atoms with Crippen LogP contribution in [0.3, 0.4) is 0 Å². The number of benzene rings is 1. The van der Waals surface area contributed by atoms with Gasteiger partial charge < -0.3 is 10.2 Å². The topological polar surface area (TPSA) is 15.3 Å². The van der Waals surface area contributed by atoms with Crippen molar-refractivity contribution in [2.45, 2.75) is 58.2 Å². The molecule has 1 aromatic carbocycles. The van der Waals surface area contributed by atoms with Gasteiger partial charge in [0.05, 0.1) is 0 Å². The minimum atomic E-state index is 0.517. The second-order valence-corrected chi connectivity index (χ2v) is 6.77.